The fourth-order valence-electron chi connectivity index (χ4n) is 5.73. The summed E-state index contributed by atoms with van der Waals surface area (Å²) in [7, 11) is 0. The van der Waals surface area contributed by atoms with E-state index in [0.29, 0.717) is 11.8 Å². The average Bonchev–Trinajstić information content (AvgIpc) is 3.10. The maximum Gasteiger partial charge on any atom is 0.307 e. The number of benzene rings is 1. The van der Waals surface area contributed by atoms with Gasteiger partial charge in [-0.1, -0.05) is 6.07 Å². The number of aryl methyl sites for hydroxylation is 1. The molecule has 1 aromatic carbocycles. The number of H-pyrrole nitrogens is 1. The second kappa shape index (κ2) is 7.59. The molecule has 3 aromatic rings. The van der Waals surface area contributed by atoms with Gasteiger partial charge < -0.3 is 19.7 Å². The second-order valence-corrected chi connectivity index (χ2v) is 9.62. The summed E-state index contributed by atoms with van der Waals surface area (Å²) in [6.07, 6.45) is 6.24. The summed E-state index contributed by atoms with van der Waals surface area (Å²) in [4.78, 5) is 26.3. The van der Waals surface area contributed by atoms with Crippen molar-refractivity contribution in [2.45, 2.75) is 44.8 Å². The van der Waals surface area contributed by atoms with Gasteiger partial charge in [-0.05, 0) is 74.3 Å². The molecule has 0 radical (unpaired) electrons. The van der Waals surface area contributed by atoms with Crippen molar-refractivity contribution in [3.8, 4) is 11.4 Å². The van der Waals surface area contributed by atoms with Crippen LogP contribution >= 0.6 is 0 Å². The van der Waals surface area contributed by atoms with Gasteiger partial charge in [0.05, 0.1) is 29.2 Å². The highest BCUT2D eigenvalue weighted by atomic mass is 16.5. The van der Waals surface area contributed by atoms with Crippen LogP contribution in [0.3, 0.4) is 0 Å². The topological polar surface area (TPSA) is 91.3 Å². The Morgan fingerprint density at radius 2 is 1.91 bits per heavy atom. The van der Waals surface area contributed by atoms with Gasteiger partial charge in [-0.25, -0.2) is 9.97 Å². The molecule has 2 N–H and O–H groups in total. The van der Waals surface area contributed by atoms with Crippen molar-refractivity contribution in [3.63, 3.8) is 0 Å². The Hall–Kier alpha value is -2.93. The van der Waals surface area contributed by atoms with Crippen LogP contribution in [0, 0.1) is 24.7 Å². The molecule has 3 aliphatic rings. The maximum atomic E-state index is 11.1. The molecule has 2 aliphatic carbocycles. The lowest BCUT2D eigenvalue weighted by molar-refractivity contribution is -0.139. The average molecular weight is 433 g/mol. The zero-order valence-corrected chi connectivity index (χ0v) is 18.2. The molecule has 7 heteroatoms. The summed E-state index contributed by atoms with van der Waals surface area (Å²) in [6.45, 7) is 3.93. The number of nitrogens with one attached hydrogen (secondary N) is 1. The van der Waals surface area contributed by atoms with Gasteiger partial charge in [-0.3, -0.25) is 4.79 Å². The predicted octanol–water partition coefficient (Wildman–Crippen LogP) is 4.03. The summed E-state index contributed by atoms with van der Waals surface area (Å²) in [6, 6.07) is 10.4. The first-order chi connectivity index (χ1) is 15.5. The largest absolute Gasteiger partial charge is 0.481 e. The minimum Gasteiger partial charge on any atom is -0.481 e. The second-order valence-electron chi connectivity index (χ2n) is 9.62. The van der Waals surface area contributed by atoms with Crippen molar-refractivity contribution in [3.05, 3.63) is 42.1 Å². The molecule has 7 nitrogen and oxygen atoms in total. The number of rotatable bonds is 5. The number of carboxylic acid groups (broad SMARTS) is 1. The Balaban J connectivity index is 1.04. The molecule has 0 amide bonds. The van der Waals surface area contributed by atoms with E-state index in [-0.39, 0.29) is 18.1 Å². The molecule has 2 aromatic heterocycles. The number of imidazole rings is 1. The van der Waals surface area contributed by atoms with Crippen LogP contribution in [0.4, 0.5) is 5.82 Å². The number of aliphatic carboxylic acids is 1. The highest BCUT2D eigenvalue weighted by molar-refractivity contribution is 5.80. The van der Waals surface area contributed by atoms with Gasteiger partial charge in [-0.15, -0.1) is 0 Å². The summed E-state index contributed by atoms with van der Waals surface area (Å²) in [5, 5.41) is 9.17. The summed E-state index contributed by atoms with van der Waals surface area (Å²) in [5.41, 5.74) is 4.20. The SMILES string of the molecule is Cc1ccc2[nH]c(-c3ccc(N4CCC(O[C@@H]5C[C@@H]6[C@H](C5)[C@H]6C(=O)O)CC4)nc3)nc2c1. The third-order valence-corrected chi connectivity index (χ3v) is 7.50. The van der Waals surface area contributed by atoms with Crippen molar-refractivity contribution < 1.29 is 14.6 Å². The number of hydrogen-bond acceptors (Lipinski definition) is 5. The fourth-order valence-corrected chi connectivity index (χ4v) is 5.73. The molecule has 1 aliphatic heterocycles. The van der Waals surface area contributed by atoms with Gasteiger partial charge in [0.15, 0.2) is 0 Å². The van der Waals surface area contributed by atoms with Crippen LogP contribution in [0.15, 0.2) is 36.5 Å². The minimum absolute atomic E-state index is 0.102. The normalized spacial score (nSPS) is 27.6. The molecule has 4 atom stereocenters. The third kappa shape index (κ3) is 3.54. The molecule has 0 spiro atoms. The van der Waals surface area contributed by atoms with Crippen molar-refractivity contribution in [1.29, 1.82) is 0 Å². The van der Waals surface area contributed by atoms with E-state index in [1.165, 1.54) is 5.56 Å². The molecular formula is C25H28N4O3. The van der Waals surface area contributed by atoms with E-state index in [2.05, 4.69) is 47.1 Å². The highest BCUT2D eigenvalue weighted by Crippen LogP contribution is 2.58. The molecule has 6 rings (SSSR count). The van der Waals surface area contributed by atoms with E-state index in [9.17, 15) is 9.90 Å². The number of fused-ring (bicyclic) bond motifs is 2. The van der Waals surface area contributed by atoms with Gasteiger partial charge in [0, 0.05) is 24.8 Å². The number of hydrogen-bond donors (Lipinski definition) is 2. The number of carboxylic acids is 1. The fraction of sp³-hybridized carbons (Fsp3) is 0.480. The van der Waals surface area contributed by atoms with Crippen LogP contribution in [0.5, 0.6) is 0 Å². The van der Waals surface area contributed by atoms with Crippen LogP contribution in [-0.4, -0.2) is 51.3 Å². The van der Waals surface area contributed by atoms with E-state index in [0.717, 1.165) is 67.0 Å². The monoisotopic (exact) mass is 432 g/mol. The van der Waals surface area contributed by atoms with E-state index >= 15 is 0 Å². The first-order valence-corrected chi connectivity index (χ1v) is 11.6. The number of pyridine rings is 1. The predicted molar refractivity (Wildman–Crippen MR) is 122 cm³/mol. The Morgan fingerprint density at radius 1 is 1.12 bits per heavy atom. The first kappa shape index (κ1) is 19.7. The zero-order valence-electron chi connectivity index (χ0n) is 18.2. The lowest BCUT2D eigenvalue weighted by atomic mass is 10.1. The van der Waals surface area contributed by atoms with E-state index < -0.39 is 5.97 Å². The number of anilines is 1. The molecule has 3 fully saturated rings. The highest BCUT2D eigenvalue weighted by Gasteiger charge is 2.60. The molecule has 1 saturated heterocycles. The molecule has 166 valence electrons. The Kier molecular flexibility index (Phi) is 4.68. The van der Waals surface area contributed by atoms with Crippen LogP contribution < -0.4 is 4.90 Å². The van der Waals surface area contributed by atoms with Crippen LogP contribution in [-0.2, 0) is 9.53 Å². The van der Waals surface area contributed by atoms with Crippen LogP contribution in [0.2, 0.25) is 0 Å². The number of nitrogens with zero attached hydrogens (tertiary/aromatic N) is 3. The zero-order chi connectivity index (χ0) is 21.8. The summed E-state index contributed by atoms with van der Waals surface area (Å²) < 4.78 is 6.33. The van der Waals surface area contributed by atoms with Crippen molar-refractivity contribution in [2.24, 2.45) is 17.8 Å². The first-order valence-electron chi connectivity index (χ1n) is 11.6. The molecular weight excluding hydrogens is 404 g/mol. The quantitative estimate of drug-likeness (QED) is 0.633. The van der Waals surface area contributed by atoms with Crippen molar-refractivity contribution in [2.75, 3.05) is 18.0 Å². The number of ether oxygens (including phenoxy) is 1. The van der Waals surface area contributed by atoms with Gasteiger partial charge in [0.1, 0.15) is 11.6 Å². The van der Waals surface area contributed by atoms with E-state index in [4.69, 9.17) is 14.7 Å². The smallest absolute Gasteiger partial charge is 0.307 e. The van der Waals surface area contributed by atoms with Crippen molar-refractivity contribution in [1.82, 2.24) is 15.0 Å². The number of carbonyl (C=O) groups is 1. The van der Waals surface area contributed by atoms with Crippen LogP contribution in [0.25, 0.3) is 22.4 Å². The molecule has 0 unspecified atom stereocenters. The van der Waals surface area contributed by atoms with Crippen LogP contribution in [0.1, 0.15) is 31.2 Å². The lowest BCUT2D eigenvalue weighted by Gasteiger charge is -2.34. The maximum absolute atomic E-state index is 11.1. The standard InChI is InChI=1S/C25H28N4O3/c1-14-2-4-20-21(10-14)28-24(27-20)15-3-5-22(26-13-15)29-8-6-16(7-9-29)32-17-11-18-19(12-17)23(18)25(30)31/h2-5,10,13,16-19,23H,6-9,11-12H2,1H3,(H,27,28)(H,30,31)/t17-,18-,19+,23+. The summed E-state index contributed by atoms with van der Waals surface area (Å²) in [5.74, 6) is 1.82. The van der Waals surface area contributed by atoms with E-state index in [1.54, 1.807) is 0 Å². The van der Waals surface area contributed by atoms with Gasteiger partial charge in [0.2, 0.25) is 0 Å². The number of aromatic amines is 1. The number of piperidine rings is 1. The molecule has 2 saturated carbocycles. The Morgan fingerprint density at radius 3 is 2.59 bits per heavy atom. The van der Waals surface area contributed by atoms with Gasteiger partial charge >= 0.3 is 5.97 Å². The lowest BCUT2D eigenvalue weighted by Crippen LogP contribution is -2.38. The van der Waals surface area contributed by atoms with Crippen molar-refractivity contribution >= 4 is 22.8 Å². The summed E-state index contributed by atoms with van der Waals surface area (Å²) >= 11 is 0. The van der Waals surface area contributed by atoms with E-state index in [1.807, 2.05) is 6.20 Å². The number of aromatic nitrogens is 3. The molecule has 0 bridgehead atoms. The molecule has 32 heavy (non-hydrogen) atoms. The Labute approximate surface area is 186 Å². The third-order valence-electron chi connectivity index (χ3n) is 7.50. The van der Waals surface area contributed by atoms with Gasteiger partial charge in [-0.2, -0.15) is 0 Å². The molecule has 3 heterocycles. The minimum atomic E-state index is -0.624. The van der Waals surface area contributed by atoms with Gasteiger partial charge in [0.25, 0.3) is 0 Å². The Bertz CT molecular complexity index is 1140.